The van der Waals surface area contributed by atoms with Gasteiger partial charge >= 0.3 is 0 Å². The van der Waals surface area contributed by atoms with Crippen LogP contribution in [0.4, 0.5) is 4.39 Å². The summed E-state index contributed by atoms with van der Waals surface area (Å²) in [5.74, 6) is 0.572. The monoisotopic (exact) mass is 424 g/mol. The first-order valence-electron chi connectivity index (χ1n) is 10.3. The van der Waals surface area contributed by atoms with Crippen LogP contribution in [0.2, 0.25) is 0 Å². The van der Waals surface area contributed by atoms with Gasteiger partial charge in [-0.1, -0.05) is 30.3 Å². The van der Waals surface area contributed by atoms with E-state index in [0.29, 0.717) is 12.3 Å². The Hall–Kier alpha value is -4.12. The second kappa shape index (κ2) is 8.19. The minimum Gasteiger partial charge on any atom is -0.494 e. The Bertz CT molecular complexity index is 1390. The average Bonchev–Trinajstić information content (AvgIpc) is 3.12. The van der Waals surface area contributed by atoms with Crippen molar-refractivity contribution in [2.75, 3.05) is 0 Å². The second-order valence-corrected chi connectivity index (χ2v) is 7.73. The molecule has 32 heavy (non-hydrogen) atoms. The molecule has 2 aromatic heterocycles. The van der Waals surface area contributed by atoms with Crippen LogP contribution in [0.15, 0.2) is 91.3 Å². The summed E-state index contributed by atoms with van der Waals surface area (Å²) in [7, 11) is 0. The molecule has 0 amide bonds. The highest BCUT2D eigenvalue weighted by molar-refractivity contribution is 5.94. The highest BCUT2D eigenvalue weighted by Gasteiger charge is 2.13. The third-order valence-corrected chi connectivity index (χ3v) is 5.46. The van der Waals surface area contributed by atoms with Crippen LogP contribution in [-0.2, 0) is 6.54 Å². The lowest BCUT2D eigenvalue weighted by molar-refractivity contribution is 0.429. The predicted octanol–water partition coefficient (Wildman–Crippen LogP) is 6.70. The molecule has 0 unspecified atom stereocenters. The van der Waals surface area contributed by atoms with Gasteiger partial charge in [0.1, 0.15) is 5.75 Å². The molecule has 0 aliphatic carbocycles. The molecule has 158 valence electrons. The number of benzene rings is 3. The summed E-state index contributed by atoms with van der Waals surface area (Å²) in [5.41, 5.74) is 3.90. The molecule has 5 aromatic rings. The third-order valence-electron chi connectivity index (χ3n) is 5.46. The van der Waals surface area contributed by atoms with Crippen LogP contribution in [0.25, 0.3) is 22.0 Å². The third kappa shape index (κ3) is 3.81. The maximum atomic E-state index is 13.8. The number of nitrogens with zero attached hydrogens (tertiary/aromatic N) is 2. The lowest BCUT2D eigenvalue weighted by atomic mass is 10.0. The maximum Gasteiger partial charge on any atom is 0.199 e. The van der Waals surface area contributed by atoms with Gasteiger partial charge < -0.3 is 14.4 Å². The fraction of sp³-hybridized carbons (Fsp3) is 0.0741. The Morgan fingerprint density at radius 2 is 1.75 bits per heavy atom. The van der Waals surface area contributed by atoms with E-state index >= 15 is 0 Å². The van der Waals surface area contributed by atoms with Crippen molar-refractivity contribution in [2.24, 2.45) is 0 Å². The van der Waals surface area contributed by atoms with E-state index in [-0.39, 0.29) is 11.6 Å². The second-order valence-electron chi connectivity index (χ2n) is 7.73. The van der Waals surface area contributed by atoms with Crippen molar-refractivity contribution in [2.45, 2.75) is 13.5 Å². The highest BCUT2D eigenvalue weighted by Crippen LogP contribution is 2.34. The molecule has 0 radical (unpaired) electrons. The smallest absolute Gasteiger partial charge is 0.199 e. The Kier molecular flexibility index (Phi) is 5.07. The van der Waals surface area contributed by atoms with Gasteiger partial charge in [-0.2, -0.15) is 0 Å². The van der Waals surface area contributed by atoms with E-state index in [4.69, 9.17) is 4.74 Å². The molecule has 0 saturated carbocycles. The van der Waals surface area contributed by atoms with Crippen LogP contribution < -0.4 is 4.74 Å². The number of hydrogen-bond donors (Lipinski definition) is 1. The molecule has 1 N–H and O–H groups in total. The van der Waals surface area contributed by atoms with E-state index in [0.717, 1.165) is 33.2 Å². The summed E-state index contributed by atoms with van der Waals surface area (Å²) in [6, 6.07) is 23.6. The van der Waals surface area contributed by atoms with Crippen molar-refractivity contribution in [3.8, 4) is 28.6 Å². The standard InChI is InChI=1S/C27H21FN2O2/c1-18-14-20(24-7-4-5-13-29-24)15-21-17-30(27(31)26(18)21)16-19-9-11-22(12-10-19)32-25-8-3-2-6-23(25)28/h2-15,17,31H,16H2,1H3. The number of rotatable bonds is 5. The van der Waals surface area contributed by atoms with Gasteiger partial charge in [-0.25, -0.2) is 4.39 Å². The van der Waals surface area contributed by atoms with E-state index in [1.807, 2.05) is 60.2 Å². The van der Waals surface area contributed by atoms with Gasteiger partial charge in [0.2, 0.25) is 0 Å². The molecule has 0 spiro atoms. The zero-order chi connectivity index (χ0) is 22.1. The lowest BCUT2D eigenvalue weighted by Crippen LogP contribution is -1.97. The minimum absolute atomic E-state index is 0.189. The molecule has 0 aliphatic heterocycles. The van der Waals surface area contributed by atoms with Crippen molar-refractivity contribution >= 4 is 10.8 Å². The normalized spacial score (nSPS) is 11.1. The van der Waals surface area contributed by atoms with Crippen LogP contribution in [0.3, 0.4) is 0 Å². The van der Waals surface area contributed by atoms with Crippen LogP contribution in [-0.4, -0.2) is 14.7 Å². The first-order valence-corrected chi connectivity index (χ1v) is 10.3. The molecule has 5 rings (SSSR count). The molecule has 3 aromatic carbocycles. The van der Waals surface area contributed by atoms with Crippen molar-refractivity contribution in [3.63, 3.8) is 0 Å². The van der Waals surface area contributed by atoms with Gasteiger partial charge in [0.15, 0.2) is 17.4 Å². The molecule has 5 heteroatoms. The van der Waals surface area contributed by atoms with E-state index in [1.165, 1.54) is 6.07 Å². The van der Waals surface area contributed by atoms with Crippen LogP contribution in [0.1, 0.15) is 11.1 Å². The summed E-state index contributed by atoms with van der Waals surface area (Å²) in [6.45, 7) is 2.49. The first-order chi connectivity index (χ1) is 15.6. The van der Waals surface area contributed by atoms with Gasteiger partial charge in [0.05, 0.1) is 12.2 Å². The molecule has 2 heterocycles. The molecule has 4 nitrogen and oxygen atoms in total. The summed E-state index contributed by atoms with van der Waals surface area (Å²) in [5, 5.41) is 12.7. The first kappa shape index (κ1) is 19.8. The van der Waals surface area contributed by atoms with Crippen molar-refractivity contribution in [1.82, 2.24) is 9.55 Å². The number of pyridine rings is 1. The van der Waals surface area contributed by atoms with E-state index in [9.17, 15) is 9.50 Å². The van der Waals surface area contributed by atoms with E-state index in [1.54, 1.807) is 36.5 Å². The van der Waals surface area contributed by atoms with E-state index < -0.39 is 5.82 Å². The Labute approximate surface area is 185 Å². The van der Waals surface area contributed by atoms with Gasteiger partial charge in [0, 0.05) is 28.7 Å². The van der Waals surface area contributed by atoms with Gasteiger partial charge in [-0.15, -0.1) is 0 Å². The molecule has 0 aliphatic rings. The van der Waals surface area contributed by atoms with E-state index in [2.05, 4.69) is 4.98 Å². The number of halogens is 1. The largest absolute Gasteiger partial charge is 0.494 e. The fourth-order valence-corrected chi connectivity index (χ4v) is 3.91. The summed E-state index contributed by atoms with van der Waals surface area (Å²) >= 11 is 0. The fourth-order valence-electron chi connectivity index (χ4n) is 3.91. The maximum absolute atomic E-state index is 13.8. The number of aromatic hydroxyl groups is 1. The van der Waals surface area contributed by atoms with Gasteiger partial charge in [-0.3, -0.25) is 4.98 Å². The zero-order valence-electron chi connectivity index (χ0n) is 17.5. The molecule has 0 fully saturated rings. The molecule has 0 bridgehead atoms. The van der Waals surface area contributed by atoms with Crippen molar-refractivity contribution in [3.05, 3.63) is 108 Å². The Balaban J connectivity index is 1.41. The van der Waals surface area contributed by atoms with Crippen molar-refractivity contribution in [1.29, 1.82) is 0 Å². The number of fused-ring (bicyclic) bond motifs is 1. The minimum atomic E-state index is -0.402. The lowest BCUT2D eigenvalue weighted by Gasteiger charge is -2.09. The molecular weight excluding hydrogens is 403 g/mol. The SMILES string of the molecule is Cc1cc(-c2ccccn2)cc2cn(Cc3ccc(Oc4ccccc4F)cc3)c(O)c12. The number of para-hydroxylation sites is 1. The summed E-state index contributed by atoms with van der Waals surface area (Å²) < 4.78 is 21.2. The van der Waals surface area contributed by atoms with Gasteiger partial charge in [-0.05, 0) is 66.6 Å². The topological polar surface area (TPSA) is 47.3 Å². The summed E-state index contributed by atoms with van der Waals surface area (Å²) in [4.78, 5) is 4.43. The highest BCUT2D eigenvalue weighted by atomic mass is 19.1. The Morgan fingerprint density at radius 1 is 0.969 bits per heavy atom. The predicted molar refractivity (Wildman–Crippen MR) is 124 cm³/mol. The number of aryl methyl sites for hydroxylation is 1. The zero-order valence-corrected chi connectivity index (χ0v) is 17.5. The van der Waals surface area contributed by atoms with Crippen molar-refractivity contribution < 1.29 is 14.2 Å². The summed E-state index contributed by atoms with van der Waals surface area (Å²) in [6.07, 6.45) is 3.73. The quantitative estimate of drug-likeness (QED) is 0.342. The number of aromatic nitrogens is 2. The van der Waals surface area contributed by atoms with Gasteiger partial charge in [0.25, 0.3) is 0 Å². The van der Waals surface area contributed by atoms with Crippen LogP contribution >= 0.6 is 0 Å². The molecular formula is C27H21FN2O2. The number of ether oxygens (including phenoxy) is 1. The average molecular weight is 424 g/mol. The molecule has 0 atom stereocenters. The molecule has 0 saturated heterocycles. The van der Waals surface area contributed by atoms with Crippen LogP contribution in [0, 0.1) is 12.7 Å². The Morgan fingerprint density at radius 3 is 2.50 bits per heavy atom. The number of hydrogen-bond acceptors (Lipinski definition) is 3. The van der Waals surface area contributed by atoms with Crippen LogP contribution in [0.5, 0.6) is 17.4 Å².